The van der Waals surface area contributed by atoms with Gasteiger partial charge in [-0.2, -0.15) is 0 Å². The van der Waals surface area contributed by atoms with Crippen molar-refractivity contribution in [2.75, 3.05) is 6.61 Å². The van der Waals surface area contributed by atoms with Crippen LogP contribution in [0.25, 0.3) is 11.0 Å². The summed E-state index contributed by atoms with van der Waals surface area (Å²) in [7, 11) is -11.1. The third-order valence-electron chi connectivity index (χ3n) is 5.67. The molecule has 0 amide bonds. The van der Waals surface area contributed by atoms with Crippen LogP contribution in [0.2, 0.25) is 0 Å². The first kappa shape index (κ1) is 28.0. The lowest BCUT2D eigenvalue weighted by molar-refractivity contribution is 0.116. The summed E-state index contributed by atoms with van der Waals surface area (Å²) in [5.41, 5.74) is 0.760. The highest BCUT2D eigenvalue weighted by Crippen LogP contribution is 2.68. The monoisotopic (exact) mass is 506 g/mol. The third kappa shape index (κ3) is 7.89. The van der Waals surface area contributed by atoms with Crippen molar-refractivity contribution in [2.24, 2.45) is 0 Å². The number of imidazole rings is 1. The molecule has 5 N–H and O–H groups in total. The Morgan fingerprint density at radius 2 is 1.45 bits per heavy atom. The van der Waals surface area contributed by atoms with Crippen LogP contribution in [0.1, 0.15) is 71.1 Å². The van der Waals surface area contributed by atoms with Crippen molar-refractivity contribution in [3.8, 4) is 5.75 Å². The number of ether oxygens (including phenoxy) is 1. The average Bonchev–Trinajstić information content (AvgIpc) is 3.12. The van der Waals surface area contributed by atoms with Crippen molar-refractivity contribution < 1.29 is 38.5 Å². The predicted molar refractivity (Wildman–Crippen MR) is 126 cm³/mol. The van der Waals surface area contributed by atoms with Crippen LogP contribution in [-0.4, -0.2) is 45.9 Å². The van der Waals surface area contributed by atoms with Gasteiger partial charge in [0.1, 0.15) is 5.75 Å². The highest BCUT2D eigenvalue weighted by atomic mass is 31.2. The SMILES string of the molecule is CCCCCCCCCCCCOc1ccc2c(c1)ncn2CC(O)(P(=O)(O)O)P(=O)(O)O. The van der Waals surface area contributed by atoms with E-state index in [1.807, 2.05) is 0 Å². The van der Waals surface area contributed by atoms with E-state index in [0.717, 1.165) is 23.7 Å². The molecule has 12 heteroatoms. The number of benzene rings is 1. The Balaban J connectivity index is 1.84. The summed E-state index contributed by atoms with van der Waals surface area (Å²) in [6, 6.07) is 4.84. The lowest BCUT2D eigenvalue weighted by Crippen LogP contribution is -2.33. The zero-order chi connectivity index (χ0) is 24.5. The first-order valence-corrected chi connectivity index (χ1v) is 14.6. The highest BCUT2D eigenvalue weighted by molar-refractivity contribution is 7.72. The Morgan fingerprint density at radius 1 is 0.909 bits per heavy atom. The topological polar surface area (TPSA) is 162 Å². The second kappa shape index (κ2) is 12.5. The summed E-state index contributed by atoms with van der Waals surface area (Å²) in [6.07, 6.45) is 13.5. The molecule has 0 saturated heterocycles. The number of hydrogen-bond donors (Lipinski definition) is 5. The van der Waals surface area contributed by atoms with E-state index in [-0.39, 0.29) is 0 Å². The van der Waals surface area contributed by atoms with Gasteiger partial charge in [-0.3, -0.25) is 9.13 Å². The summed E-state index contributed by atoms with van der Waals surface area (Å²) in [5.74, 6) is 0.573. The van der Waals surface area contributed by atoms with E-state index in [9.17, 15) is 33.8 Å². The zero-order valence-corrected chi connectivity index (χ0v) is 20.8. The first-order chi connectivity index (χ1) is 15.5. The summed E-state index contributed by atoms with van der Waals surface area (Å²) >= 11 is 0. The number of aromatic nitrogens is 2. The van der Waals surface area contributed by atoms with Gasteiger partial charge in [0.15, 0.2) is 0 Å². The first-order valence-electron chi connectivity index (χ1n) is 11.4. The maximum absolute atomic E-state index is 11.6. The van der Waals surface area contributed by atoms with Crippen molar-refractivity contribution >= 4 is 26.2 Å². The maximum atomic E-state index is 11.6. The van der Waals surface area contributed by atoms with Crippen LogP contribution >= 0.6 is 15.2 Å². The second-order valence-corrected chi connectivity index (χ2v) is 12.4. The molecule has 0 radical (unpaired) electrons. The highest BCUT2D eigenvalue weighted by Gasteiger charge is 2.59. The van der Waals surface area contributed by atoms with Crippen LogP contribution < -0.4 is 4.74 Å². The lowest BCUT2D eigenvalue weighted by Gasteiger charge is -2.29. The molecule has 188 valence electrons. The van der Waals surface area contributed by atoms with Crippen LogP contribution in [0.5, 0.6) is 5.75 Å². The Bertz CT molecular complexity index is 946. The molecule has 0 atom stereocenters. The van der Waals surface area contributed by atoms with Gasteiger partial charge in [0.25, 0.3) is 5.08 Å². The minimum absolute atomic E-state index is 0.349. The molecule has 0 aliphatic carbocycles. The number of fused-ring (bicyclic) bond motifs is 1. The number of unbranched alkanes of at least 4 members (excludes halogenated alkanes) is 9. The quantitative estimate of drug-likeness (QED) is 0.165. The molecule has 33 heavy (non-hydrogen) atoms. The molecule has 1 heterocycles. The fourth-order valence-corrected chi connectivity index (χ4v) is 5.65. The number of rotatable bonds is 16. The van der Waals surface area contributed by atoms with Gasteiger partial charge < -0.3 is 34.0 Å². The summed E-state index contributed by atoms with van der Waals surface area (Å²) in [4.78, 5) is 41.4. The molecule has 2 rings (SSSR count). The molecule has 0 aliphatic rings. The van der Waals surface area contributed by atoms with Gasteiger partial charge in [-0.25, -0.2) is 4.98 Å². The Kier molecular flexibility index (Phi) is 10.6. The molecule has 0 saturated carbocycles. The van der Waals surface area contributed by atoms with Gasteiger partial charge in [-0.1, -0.05) is 64.7 Å². The van der Waals surface area contributed by atoms with Crippen molar-refractivity contribution in [1.82, 2.24) is 9.55 Å². The van der Waals surface area contributed by atoms with E-state index in [1.54, 1.807) is 18.2 Å². The van der Waals surface area contributed by atoms with E-state index in [0.29, 0.717) is 23.4 Å². The smallest absolute Gasteiger partial charge is 0.371 e. The van der Waals surface area contributed by atoms with Crippen molar-refractivity contribution in [3.63, 3.8) is 0 Å². The van der Waals surface area contributed by atoms with Crippen LogP contribution in [0.4, 0.5) is 0 Å². The van der Waals surface area contributed by atoms with E-state index in [4.69, 9.17) is 4.74 Å². The summed E-state index contributed by atoms with van der Waals surface area (Å²) < 4.78 is 30.0. The summed E-state index contributed by atoms with van der Waals surface area (Å²) in [6.45, 7) is 1.76. The maximum Gasteiger partial charge on any atom is 0.371 e. The molecule has 0 fully saturated rings. The molecule has 0 aliphatic heterocycles. The van der Waals surface area contributed by atoms with Gasteiger partial charge in [0, 0.05) is 6.07 Å². The fraction of sp³-hybridized carbons (Fsp3) is 0.667. The number of hydrogen-bond acceptors (Lipinski definition) is 5. The summed E-state index contributed by atoms with van der Waals surface area (Å²) in [5, 5.41) is 6.60. The van der Waals surface area contributed by atoms with Crippen molar-refractivity contribution in [2.45, 2.75) is 82.8 Å². The van der Waals surface area contributed by atoms with Crippen molar-refractivity contribution in [1.29, 1.82) is 0 Å². The molecule has 0 unspecified atom stereocenters. The minimum atomic E-state index is -5.55. The van der Waals surface area contributed by atoms with Gasteiger partial charge >= 0.3 is 15.2 Å². The predicted octanol–water partition coefficient (Wildman–Crippen LogP) is 4.34. The Labute approximate surface area is 194 Å². The molecule has 1 aromatic carbocycles. The van der Waals surface area contributed by atoms with Gasteiger partial charge in [-0.05, 0) is 18.6 Å². The zero-order valence-electron chi connectivity index (χ0n) is 19.0. The molecule has 0 bridgehead atoms. The van der Waals surface area contributed by atoms with E-state index in [2.05, 4.69) is 11.9 Å². The van der Waals surface area contributed by atoms with Crippen LogP contribution in [-0.2, 0) is 15.7 Å². The molecular formula is C21H36N2O8P2. The molecule has 0 spiro atoms. The van der Waals surface area contributed by atoms with Crippen LogP contribution in [0, 0.1) is 0 Å². The van der Waals surface area contributed by atoms with E-state index < -0.39 is 26.8 Å². The van der Waals surface area contributed by atoms with Crippen LogP contribution in [0.15, 0.2) is 24.5 Å². The molecular weight excluding hydrogens is 470 g/mol. The third-order valence-corrected chi connectivity index (χ3v) is 9.39. The van der Waals surface area contributed by atoms with Crippen molar-refractivity contribution in [3.05, 3.63) is 24.5 Å². The number of nitrogens with zero attached hydrogens (tertiary/aromatic N) is 2. The fourth-order valence-electron chi connectivity index (χ4n) is 3.62. The van der Waals surface area contributed by atoms with Crippen LogP contribution in [0.3, 0.4) is 0 Å². The second-order valence-electron chi connectivity index (χ2n) is 8.42. The molecule has 1 aromatic heterocycles. The Hall–Kier alpha value is -1.25. The van der Waals surface area contributed by atoms with E-state index >= 15 is 0 Å². The largest absolute Gasteiger partial charge is 0.494 e. The Morgan fingerprint density at radius 3 is 2.00 bits per heavy atom. The minimum Gasteiger partial charge on any atom is -0.494 e. The van der Waals surface area contributed by atoms with Gasteiger partial charge in [-0.15, -0.1) is 0 Å². The standard InChI is InChI=1S/C21H36N2O8P2/c1-2-3-4-5-6-7-8-9-10-11-14-31-18-12-13-20-19(15-18)22-17-23(20)16-21(24,32(25,26)27)33(28,29)30/h12-13,15,17,24H,2-11,14,16H2,1H3,(H2,25,26,27)(H2,28,29,30). The van der Waals surface area contributed by atoms with E-state index in [1.165, 1.54) is 51.4 Å². The lowest BCUT2D eigenvalue weighted by atomic mass is 10.1. The average molecular weight is 506 g/mol. The number of aliphatic hydroxyl groups is 1. The normalized spacial score (nSPS) is 13.0. The van der Waals surface area contributed by atoms with Gasteiger partial charge in [0.2, 0.25) is 0 Å². The van der Waals surface area contributed by atoms with Gasteiger partial charge in [0.05, 0.1) is 30.5 Å². The molecule has 2 aromatic rings. The molecule has 10 nitrogen and oxygen atoms in total.